The number of hydrogen-bond donors (Lipinski definition) is 1. The summed E-state index contributed by atoms with van der Waals surface area (Å²) in [6, 6.07) is 8.30. The monoisotopic (exact) mass is 310 g/mol. The average Bonchev–Trinajstić information content (AvgIpc) is 2.44. The molecule has 0 atom stereocenters. The molecule has 0 bridgehead atoms. The Morgan fingerprint density at radius 3 is 2.90 bits per heavy atom. The molecular formula is C14H12Cl2N2O2. The van der Waals surface area contributed by atoms with Gasteiger partial charge in [0.2, 0.25) is 0 Å². The number of ether oxygens (including phenoxy) is 1. The van der Waals surface area contributed by atoms with Crippen LogP contribution >= 0.6 is 23.2 Å². The molecule has 20 heavy (non-hydrogen) atoms. The molecule has 6 heteroatoms. The van der Waals surface area contributed by atoms with Crippen LogP contribution in [-0.2, 0) is 4.74 Å². The maximum absolute atomic E-state index is 11.8. The van der Waals surface area contributed by atoms with E-state index in [-0.39, 0.29) is 0 Å². The summed E-state index contributed by atoms with van der Waals surface area (Å²) in [4.78, 5) is 16.0. The number of pyridine rings is 1. The van der Waals surface area contributed by atoms with Gasteiger partial charge in [-0.3, -0.25) is 0 Å². The van der Waals surface area contributed by atoms with Crippen molar-refractivity contribution in [2.24, 2.45) is 0 Å². The van der Waals surface area contributed by atoms with Crippen LogP contribution in [0.2, 0.25) is 10.0 Å². The van der Waals surface area contributed by atoms with Crippen molar-refractivity contribution >= 4 is 40.7 Å². The Kier molecular flexibility index (Phi) is 4.82. The minimum Gasteiger partial charge on any atom is -0.462 e. The largest absolute Gasteiger partial charge is 0.462 e. The molecule has 1 N–H and O–H groups in total. The summed E-state index contributed by atoms with van der Waals surface area (Å²) in [6.45, 7) is 2.04. The highest BCUT2D eigenvalue weighted by molar-refractivity contribution is 6.35. The van der Waals surface area contributed by atoms with E-state index < -0.39 is 5.97 Å². The van der Waals surface area contributed by atoms with E-state index in [0.29, 0.717) is 33.7 Å². The number of nitrogens with one attached hydrogen (secondary N) is 1. The van der Waals surface area contributed by atoms with Gasteiger partial charge < -0.3 is 10.1 Å². The fourth-order valence-electron chi connectivity index (χ4n) is 1.60. The third kappa shape index (κ3) is 3.40. The van der Waals surface area contributed by atoms with Gasteiger partial charge in [0.05, 0.1) is 17.3 Å². The molecule has 0 radical (unpaired) electrons. The van der Waals surface area contributed by atoms with E-state index in [1.807, 2.05) is 0 Å². The van der Waals surface area contributed by atoms with Gasteiger partial charge in [0, 0.05) is 11.2 Å². The first-order valence-corrected chi connectivity index (χ1v) is 6.71. The van der Waals surface area contributed by atoms with Gasteiger partial charge in [-0.15, -0.1) is 0 Å². The maximum Gasteiger partial charge on any atom is 0.341 e. The zero-order valence-corrected chi connectivity index (χ0v) is 12.2. The molecule has 0 aliphatic carbocycles. The van der Waals surface area contributed by atoms with Gasteiger partial charge in [-0.1, -0.05) is 23.2 Å². The van der Waals surface area contributed by atoms with Crippen molar-refractivity contribution in [1.29, 1.82) is 0 Å². The topological polar surface area (TPSA) is 51.2 Å². The first kappa shape index (κ1) is 14.6. The van der Waals surface area contributed by atoms with E-state index >= 15 is 0 Å². The van der Waals surface area contributed by atoms with Crippen LogP contribution in [0.5, 0.6) is 0 Å². The number of aromatic nitrogens is 1. The summed E-state index contributed by atoms with van der Waals surface area (Å²) >= 11 is 12.0. The normalized spacial score (nSPS) is 10.2. The molecule has 104 valence electrons. The molecule has 0 amide bonds. The second-order valence-electron chi connectivity index (χ2n) is 3.87. The van der Waals surface area contributed by atoms with E-state index in [4.69, 9.17) is 27.9 Å². The molecule has 0 aliphatic rings. The van der Waals surface area contributed by atoms with Crippen LogP contribution in [-0.4, -0.2) is 17.6 Å². The second-order valence-corrected chi connectivity index (χ2v) is 4.71. The number of benzene rings is 1. The zero-order valence-electron chi connectivity index (χ0n) is 10.7. The third-order valence-electron chi connectivity index (χ3n) is 2.48. The van der Waals surface area contributed by atoms with Crippen molar-refractivity contribution in [2.75, 3.05) is 11.9 Å². The Bertz CT molecular complexity index is 632. The summed E-state index contributed by atoms with van der Waals surface area (Å²) in [5, 5.41) is 4.01. The van der Waals surface area contributed by atoms with Gasteiger partial charge in [-0.25, -0.2) is 9.78 Å². The SMILES string of the molecule is CCOC(=O)c1cccnc1Nc1cc(Cl)ccc1Cl. The standard InChI is InChI=1S/C14H12Cl2N2O2/c1-2-20-14(19)10-4-3-7-17-13(10)18-12-8-9(15)5-6-11(12)16/h3-8H,2H2,1H3,(H,17,18). The molecule has 1 aromatic carbocycles. The molecule has 1 aromatic heterocycles. The average molecular weight is 311 g/mol. The third-order valence-corrected chi connectivity index (χ3v) is 3.05. The lowest BCUT2D eigenvalue weighted by molar-refractivity contribution is 0.0527. The molecule has 1 heterocycles. The molecule has 2 rings (SSSR count). The van der Waals surface area contributed by atoms with Gasteiger partial charge in [0.1, 0.15) is 11.4 Å². The Labute approximate surface area is 126 Å². The minimum absolute atomic E-state index is 0.297. The molecule has 0 unspecified atom stereocenters. The lowest BCUT2D eigenvalue weighted by Gasteiger charge is -2.11. The van der Waals surface area contributed by atoms with Gasteiger partial charge in [0.25, 0.3) is 0 Å². The molecule has 2 aromatic rings. The fraction of sp³-hybridized carbons (Fsp3) is 0.143. The number of anilines is 2. The highest BCUT2D eigenvalue weighted by Crippen LogP contribution is 2.29. The molecule has 0 saturated carbocycles. The van der Waals surface area contributed by atoms with Gasteiger partial charge in [0.15, 0.2) is 0 Å². The summed E-state index contributed by atoms with van der Waals surface area (Å²) in [7, 11) is 0. The van der Waals surface area contributed by atoms with Crippen LogP contribution < -0.4 is 5.32 Å². The molecule has 0 saturated heterocycles. The van der Waals surface area contributed by atoms with E-state index in [2.05, 4.69) is 10.3 Å². The van der Waals surface area contributed by atoms with Gasteiger partial charge in [-0.2, -0.15) is 0 Å². The van der Waals surface area contributed by atoms with E-state index in [1.54, 1.807) is 43.5 Å². The number of carbonyl (C=O) groups excluding carboxylic acids is 1. The summed E-state index contributed by atoms with van der Waals surface area (Å²) in [5.74, 6) is -0.0728. The smallest absolute Gasteiger partial charge is 0.341 e. The van der Waals surface area contributed by atoms with Crippen molar-refractivity contribution in [3.63, 3.8) is 0 Å². The first-order chi connectivity index (χ1) is 9.61. The number of hydrogen-bond acceptors (Lipinski definition) is 4. The molecule has 0 fully saturated rings. The van der Waals surface area contributed by atoms with Crippen LogP contribution in [0.4, 0.5) is 11.5 Å². The predicted molar refractivity (Wildman–Crippen MR) is 79.9 cm³/mol. The van der Waals surface area contributed by atoms with Crippen molar-refractivity contribution in [1.82, 2.24) is 4.98 Å². The molecular weight excluding hydrogens is 299 g/mol. The van der Waals surface area contributed by atoms with Gasteiger partial charge in [-0.05, 0) is 37.3 Å². The van der Waals surface area contributed by atoms with Gasteiger partial charge >= 0.3 is 5.97 Å². The van der Waals surface area contributed by atoms with Crippen LogP contribution in [0.3, 0.4) is 0 Å². The lowest BCUT2D eigenvalue weighted by Crippen LogP contribution is -2.09. The maximum atomic E-state index is 11.8. The number of nitrogens with zero attached hydrogens (tertiary/aromatic N) is 1. The zero-order chi connectivity index (χ0) is 14.5. The highest BCUT2D eigenvalue weighted by atomic mass is 35.5. The van der Waals surface area contributed by atoms with Crippen LogP contribution in [0.15, 0.2) is 36.5 Å². The second kappa shape index (κ2) is 6.59. The summed E-state index contributed by atoms with van der Waals surface area (Å²) in [5.41, 5.74) is 0.911. The summed E-state index contributed by atoms with van der Waals surface area (Å²) < 4.78 is 4.98. The van der Waals surface area contributed by atoms with Crippen molar-refractivity contribution < 1.29 is 9.53 Å². The van der Waals surface area contributed by atoms with Crippen LogP contribution in [0.1, 0.15) is 17.3 Å². The molecule has 0 spiro atoms. The Balaban J connectivity index is 2.34. The number of rotatable bonds is 4. The van der Waals surface area contributed by atoms with Crippen molar-refractivity contribution in [3.8, 4) is 0 Å². The minimum atomic E-state index is -0.443. The summed E-state index contributed by atoms with van der Waals surface area (Å²) in [6.07, 6.45) is 1.57. The lowest BCUT2D eigenvalue weighted by atomic mass is 10.2. The number of halogens is 2. The highest BCUT2D eigenvalue weighted by Gasteiger charge is 2.14. The number of carbonyl (C=O) groups is 1. The quantitative estimate of drug-likeness (QED) is 0.855. The van der Waals surface area contributed by atoms with E-state index in [0.717, 1.165) is 0 Å². The van der Waals surface area contributed by atoms with Crippen LogP contribution in [0.25, 0.3) is 0 Å². The number of esters is 1. The Morgan fingerprint density at radius 2 is 2.15 bits per heavy atom. The fourth-order valence-corrected chi connectivity index (χ4v) is 1.94. The van der Waals surface area contributed by atoms with E-state index in [9.17, 15) is 4.79 Å². The van der Waals surface area contributed by atoms with Crippen molar-refractivity contribution in [2.45, 2.75) is 6.92 Å². The van der Waals surface area contributed by atoms with Crippen molar-refractivity contribution in [3.05, 3.63) is 52.1 Å². The molecule has 0 aliphatic heterocycles. The Morgan fingerprint density at radius 1 is 1.35 bits per heavy atom. The first-order valence-electron chi connectivity index (χ1n) is 5.96. The Hall–Kier alpha value is -1.78. The predicted octanol–water partition coefficient (Wildman–Crippen LogP) is 4.31. The van der Waals surface area contributed by atoms with Crippen LogP contribution in [0, 0.1) is 0 Å². The van der Waals surface area contributed by atoms with E-state index in [1.165, 1.54) is 0 Å². The molecule has 4 nitrogen and oxygen atoms in total.